The van der Waals surface area contributed by atoms with Crippen LogP contribution in [0.25, 0.3) is 22.8 Å². The zero-order chi connectivity index (χ0) is 32.4. The normalized spacial score (nSPS) is 30.6. The molecule has 0 spiro atoms. The summed E-state index contributed by atoms with van der Waals surface area (Å²) in [5.74, 6) is 2.40. The molecule has 49 heavy (non-hydrogen) atoms. The van der Waals surface area contributed by atoms with E-state index in [0.717, 1.165) is 24.3 Å². The van der Waals surface area contributed by atoms with Crippen molar-refractivity contribution in [3.05, 3.63) is 138 Å². The lowest BCUT2D eigenvalue weighted by molar-refractivity contribution is 0.0954. The van der Waals surface area contributed by atoms with E-state index in [-0.39, 0.29) is 0 Å². The van der Waals surface area contributed by atoms with Gasteiger partial charge in [0.05, 0.1) is 0 Å². The fraction of sp³-hybridized carbons (Fsp3) is 0.417. The monoisotopic (exact) mass is 640 g/mol. The number of hydrogen-bond acceptors (Lipinski definition) is 1. The van der Waals surface area contributed by atoms with Crippen molar-refractivity contribution in [2.75, 3.05) is 0 Å². The van der Waals surface area contributed by atoms with Crippen molar-refractivity contribution in [2.45, 2.75) is 114 Å². The van der Waals surface area contributed by atoms with Crippen molar-refractivity contribution in [2.24, 2.45) is 11.8 Å². The van der Waals surface area contributed by atoms with Gasteiger partial charge in [0.2, 0.25) is 0 Å². The van der Waals surface area contributed by atoms with Gasteiger partial charge in [-0.2, -0.15) is 0 Å². The van der Waals surface area contributed by atoms with Gasteiger partial charge >= 0.3 is 0 Å². The summed E-state index contributed by atoms with van der Waals surface area (Å²) in [6, 6.07) is 20.7. The van der Waals surface area contributed by atoms with Crippen LogP contribution < -0.4 is 10.4 Å². The summed E-state index contributed by atoms with van der Waals surface area (Å²) in [4.78, 5) is 0. The van der Waals surface area contributed by atoms with Gasteiger partial charge in [-0.05, 0) is 186 Å². The van der Waals surface area contributed by atoms with Crippen LogP contribution in [0.4, 0.5) is 0 Å². The molecule has 8 aliphatic carbocycles. The third-order valence-electron chi connectivity index (χ3n) is 14.7. The average Bonchev–Trinajstić information content (AvgIpc) is 3.67. The van der Waals surface area contributed by atoms with Gasteiger partial charge < -0.3 is 5.11 Å². The molecule has 0 saturated carbocycles. The van der Waals surface area contributed by atoms with Gasteiger partial charge in [-0.15, -0.1) is 0 Å². The number of allylic oxidation sites excluding steroid dienone is 6. The smallest absolute Gasteiger partial charge is 0.109 e. The Bertz CT molecular complexity index is 2230. The first kappa shape index (κ1) is 29.1. The van der Waals surface area contributed by atoms with E-state index in [1.165, 1.54) is 99.3 Å². The Balaban J connectivity index is 0.925. The minimum atomic E-state index is -0.851. The van der Waals surface area contributed by atoms with Crippen molar-refractivity contribution in [3.8, 4) is 0 Å². The van der Waals surface area contributed by atoms with Gasteiger partial charge in [-0.1, -0.05) is 89.5 Å². The molecule has 8 aliphatic rings. The van der Waals surface area contributed by atoms with E-state index >= 15 is 0 Å². The zero-order valence-electron chi connectivity index (χ0n) is 29.1. The van der Waals surface area contributed by atoms with E-state index in [4.69, 9.17) is 0 Å². The van der Waals surface area contributed by atoms with Crippen molar-refractivity contribution < 1.29 is 5.11 Å². The summed E-state index contributed by atoms with van der Waals surface area (Å²) in [6.45, 7) is 2.04. The first-order valence-corrected chi connectivity index (χ1v) is 19.7. The van der Waals surface area contributed by atoms with Gasteiger partial charge in [0.15, 0.2) is 0 Å². The molecule has 3 aromatic rings. The Hall–Kier alpha value is -3.68. The van der Waals surface area contributed by atoms with Crippen LogP contribution in [0.5, 0.6) is 0 Å². The van der Waals surface area contributed by atoms with Gasteiger partial charge in [-0.3, -0.25) is 0 Å². The highest BCUT2D eigenvalue weighted by Gasteiger charge is 2.44. The highest BCUT2D eigenvalue weighted by Crippen LogP contribution is 2.58. The Labute approximate surface area is 291 Å². The molecule has 3 aromatic carbocycles. The topological polar surface area (TPSA) is 20.2 Å². The molecule has 0 fully saturated rings. The Morgan fingerprint density at radius 3 is 2.47 bits per heavy atom. The van der Waals surface area contributed by atoms with Gasteiger partial charge in [-0.25, -0.2) is 0 Å². The fourth-order valence-corrected chi connectivity index (χ4v) is 12.4. The second-order valence-electron chi connectivity index (χ2n) is 16.9. The van der Waals surface area contributed by atoms with Crippen LogP contribution in [0.15, 0.2) is 89.0 Å². The summed E-state index contributed by atoms with van der Waals surface area (Å²) in [7, 11) is 0. The maximum Gasteiger partial charge on any atom is 0.109 e. The van der Waals surface area contributed by atoms with Crippen LogP contribution in [-0.2, 0) is 18.4 Å². The Morgan fingerprint density at radius 2 is 1.55 bits per heavy atom. The quantitative estimate of drug-likeness (QED) is 0.302. The minimum Gasteiger partial charge on any atom is -0.381 e. The molecule has 0 aliphatic heterocycles. The van der Waals surface area contributed by atoms with Crippen molar-refractivity contribution >= 4 is 22.8 Å². The molecule has 1 N–H and O–H groups in total. The maximum atomic E-state index is 11.8. The van der Waals surface area contributed by atoms with Crippen LogP contribution >= 0.6 is 0 Å². The van der Waals surface area contributed by atoms with Gasteiger partial charge in [0.1, 0.15) is 5.60 Å². The SMILES string of the molecule is CC1(O)C2=C(CCC(c3ccc4c5c3C=CC3CCC(C6=CCC(C7=c8cccc9c8=C(CC7)CC9)CC6)=C(CC4)C53)C2)c2ccccc21. The molecular weight excluding hydrogens is 593 g/mol. The lowest BCUT2D eigenvalue weighted by Crippen LogP contribution is -2.34. The molecule has 1 nitrogen and oxygen atoms in total. The molecule has 5 unspecified atom stereocenters. The molecule has 5 atom stereocenters. The largest absolute Gasteiger partial charge is 0.381 e. The maximum absolute atomic E-state index is 11.8. The summed E-state index contributed by atoms with van der Waals surface area (Å²) in [5.41, 5.74) is 21.0. The summed E-state index contributed by atoms with van der Waals surface area (Å²) in [5, 5.41) is 15.1. The van der Waals surface area contributed by atoms with Crippen LogP contribution in [-0.4, -0.2) is 5.11 Å². The molecule has 11 rings (SSSR count). The molecule has 0 amide bonds. The Morgan fingerprint density at radius 1 is 0.714 bits per heavy atom. The molecular formula is C48H48O. The van der Waals surface area contributed by atoms with Crippen LogP contribution in [0.3, 0.4) is 0 Å². The number of hydrogen-bond donors (Lipinski definition) is 1. The molecule has 0 bridgehead atoms. The van der Waals surface area contributed by atoms with E-state index < -0.39 is 5.60 Å². The average molecular weight is 641 g/mol. The molecule has 1 heteroatoms. The second-order valence-corrected chi connectivity index (χ2v) is 16.9. The Kier molecular flexibility index (Phi) is 6.33. The number of fused-ring (bicyclic) bond motifs is 2. The summed E-state index contributed by atoms with van der Waals surface area (Å²) < 4.78 is 0. The third kappa shape index (κ3) is 4.15. The van der Waals surface area contributed by atoms with Gasteiger partial charge in [0.25, 0.3) is 0 Å². The number of rotatable bonds is 3. The fourth-order valence-electron chi connectivity index (χ4n) is 12.4. The van der Waals surface area contributed by atoms with Crippen LogP contribution in [0, 0.1) is 11.8 Å². The van der Waals surface area contributed by atoms with Crippen LogP contribution in [0.1, 0.15) is 135 Å². The predicted octanol–water partition coefficient (Wildman–Crippen LogP) is 9.86. The predicted molar refractivity (Wildman–Crippen MR) is 201 cm³/mol. The molecule has 0 radical (unpaired) electrons. The lowest BCUT2D eigenvalue weighted by Gasteiger charge is -2.44. The van der Waals surface area contributed by atoms with E-state index in [2.05, 4.69) is 72.8 Å². The van der Waals surface area contributed by atoms with Crippen molar-refractivity contribution in [1.82, 2.24) is 0 Å². The second kappa shape index (κ2) is 10.7. The third-order valence-corrected chi connectivity index (χ3v) is 14.7. The highest BCUT2D eigenvalue weighted by molar-refractivity contribution is 5.81. The molecule has 0 saturated heterocycles. The van der Waals surface area contributed by atoms with E-state index in [9.17, 15) is 5.11 Å². The summed E-state index contributed by atoms with van der Waals surface area (Å²) in [6.07, 6.45) is 25.0. The van der Waals surface area contributed by atoms with Gasteiger partial charge in [0, 0.05) is 5.92 Å². The molecule has 0 heterocycles. The standard InChI is InChI=1S/C48H48O/c1-48(49)43-8-3-2-6-38(43)39-24-20-34(27-44(39)48)37-23-17-33-18-25-41-36(22-16-32-19-26-42(37)47(33)46(32)41)29-11-9-28(10-12-29)35-21-15-31-14-13-30-5-4-7-40(35)45(30)31/h2-8,11,17,19,23,26,28,32,34,46,49H,9-10,12-16,18,20-22,24-25,27H2,1H3. The van der Waals surface area contributed by atoms with E-state index in [1.54, 1.807) is 60.6 Å². The number of aliphatic hydroxyl groups is 1. The molecule has 0 aromatic heterocycles. The van der Waals surface area contributed by atoms with E-state index in [0.29, 0.717) is 17.8 Å². The van der Waals surface area contributed by atoms with E-state index in [1.807, 2.05) is 6.92 Å². The first-order valence-electron chi connectivity index (χ1n) is 19.7. The highest BCUT2D eigenvalue weighted by atomic mass is 16.3. The van der Waals surface area contributed by atoms with Crippen molar-refractivity contribution in [1.29, 1.82) is 0 Å². The molecule has 246 valence electrons. The zero-order valence-corrected chi connectivity index (χ0v) is 29.1. The number of aryl methyl sites for hydroxylation is 2. The minimum absolute atomic E-state index is 0.466. The first-order chi connectivity index (χ1) is 24.0. The number of benzene rings is 3. The van der Waals surface area contributed by atoms with Crippen LogP contribution in [0.2, 0.25) is 0 Å². The van der Waals surface area contributed by atoms with Crippen molar-refractivity contribution in [3.63, 3.8) is 0 Å². The summed E-state index contributed by atoms with van der Waals surface area (Å²) >= 11 is 0. The lowest BCUT2D eigenvalue weighted by atomic mass is 9.60.